The van der Waals surface area contributed by atoms with Gasteiger partial charge in [0.15, 0.2) is 0 Å². The second-order valence-electron chi connectivity index (χ2n) is 5.01. The normalized spacial score (nSPS) is 43.3. The van der Waals surface area contributed by atoms with Gasteiger partial charge in [0.1, 0.15) is 0 Å². The smallest absolute Gasteiger partial charge is 0.0286 e. The Labute approximate surface area is 90.8 Å². The van der Waals surface area contributed by atoms with E-state index in [2.05, 4.69) is 22.0 Å². The zero-order valence-electron chi connectivity index (χ0n) is 8.74. The van der Waals surface area contributed by atoms with Gasteiger partial charge < -0.3 is 5.32 Å². The first kappa shape index (κ1) is 9.49. The van der Waals surface area contributed by atoms with Crippen molar-refractivity contribution < 1.29 is 0 Å². The minimum Gasteiger partial charge on any atom is -0.311 e. The molecule has 3 atom stereocenters. The molecule has 1 aliphatic carbocycles. The van der Waals surface area contributed by atoms with Crippen LogP contribution in [0.5, 0.6) is 0 Å². The molecule has 80 valence electrons. The van der Waals surface area contributed by atoms with Crippen LogP contribution in [0.25, 0.3) is 0 Å². The Hall–Kier alpha value is 0.270. The van der Waals surface area contributed by atoms with Crippen LogP contribution in [0.15, 0.2) is 0 Å². The van der Waals surface area contributed by atoms with E-state index in [0.29, 0.717) is 0 Å². The van der Waals surface area contributed by atoms with E-state index in [1.165, 1.54) is 50.4 Å². The molecule has 14 heavy (non-hydrogen) atoms. The zero-order chi connectivity index (χ0) is 9.38. The Kier molecular flexibility index (Phi) is 2.73. The fraction of sp³-hybridized carbons (Fsp3) is 1.00. The van der Waals surface area contributed by atoms with Gasteiger partial charge in [0.2, 0.25) is 0 Å². The lowest BCUT2D eigenvalue weighted by atomic mass is 10.1. The minimum absolute atomic E-state index is 0.771. The third-order valence-electron chi connectivity index (χ3n) is 3.98. The number of rotatable bonds is 2. The van der Waals surface area contributed by atoms with Crippen molar-refractivity contribution in [2.75, 3.05) is 31.1 Å². The number of likely N-dealkylation sites (tertiary alicyclic amines) is 1. The number of nitrogens with one attached hydrogen (secondary N) is 1. The molecule has 2 saturated heterocycles. The molecule has 0 aromatic heterocycles. The molecule has 1 N–H and O–H groups in total. The van der Waals surface area contributed by atoms with Crippen molar-refractivity contribution in [1.29, 1.82) is 0 Å². The van der Waals surface area contributed by atoms with Gasteiger partial charge in [-0.05, 0) is 25.2 Å². The van der Waals surface area contributed by atoms with E-state index < -0.39 is 0 Å². The highest BCUT2D eigenvalue weighted by Crippen LogP contribution is 2.37. The quantitative estimate of drug-likeness (QED) is 0.740. The molecule has 2 bridgehead atoms. The highest BCUT2D eigenvalue weighted by Gasteiger charge is 2.38. The van der Waals surface area contributed by atoms with E-state index in [9.17, 15) is 0 Å². The van der Waals surface area contributed by atoms with Crippen LogP contribution in [0.2, 0.25) is 0 Å². The van der Waals surface area contributed by atoms with E-state index >= 15 is 0 Å². The van der Waals surface area contributed by atoms with Gasteiger partial charge in [0, 0.05) is 43.2 Å². The van der Waals surface area contributed by atoms with Crippen LogP contribution in [0, 0.1) is 5.92 Å². The van der Waals surface area contributed by atoms with E-state index in [4.69, 9.17) is 0 Å². The number of thioether (sulfide) groups is 1. The summed E-state index contributed by atoms with van der Waals surface area (Å²) in [7, 11) is 0. The van der Waals surface area contributed by atoms with Crippen molar-refractivity contribution in [2.24, 2.45) is 5.92 Å². The minimum atomic E-state index is 0.771. The third kappa shape index (κ3) is 1.82. The number of hydrogen-bond acceptors (Lipinski definition) is 3. The molecular weight excluding hydrogens is 192 g/mol. The lowest BCUT2D eigenvalue weighted by molar-refractivity contribution is 0.196. The van der Waals surface area contributed by atoms with E-state index in [1.807, 2.05) is 0 Å². The number of nitrogens with zero attached hydrogens (tertiary/aromatic N) is 1. The molecule has 3 rings (SSSR count). The molecule has 0 amide bonds. The third-order valence-corrected chi connectivity index (χ3v) is 5.11. The molecule has 0 radical (unpaired) electrons. The van der Waals surface area contributed by atoms with Crippen molar-refractivity contribution in [3.05, 3.63) is 0 Å². The van der Waals surface area contributed by atoms with Crippen LogP contribution in [-0.4, -0.2) is 48.1 Å². The van der Waals surface area contributed by atoms with Gasteiger partial charge >= 0.3 is 0 Å². The highest BCUT2D eigenvalue weighted by molar-refractivity contribution is 7.99. The molecule has 0 spiro atoms. The largest absolute Gasteiger partial charge is 0.311 e. The second-order valence-corrected chi connectivity index (χ2v) is 6.16. The maximum atomic E-state index is 3.64. The first-order chi connectivity index (χ1) is 6.92. The Balaban J connectivity index is 1.52. The summed E-state index contributed by atoms with van der Waals surface area (Å²) >= 11 is 2.12. The SMILES string of the molecule is C1CSCC(CN2CC3CCC2C3)N1. The number of hydrogen-bond donors (Lipinski definition) is 1. The molecule has 1 saturated carbocycles. The van der Waals surface area contributed by atoms with Crippen LogP contribution in [-0.2, 0) is 0 Å². The Morgan fingerprint density at radius 3 is 3.00 bits per heavy atom. The van der Waals surface area contributed by atoms with Crippen molar-refractivity contribution in [3.63, 3.8) is 0 Å². The maximum Gasteiger partial charge on any atom is 0.0286 e. The van der Waals surface area contributed by atoms with Gasteiger partial charge in [0.05, 0.1) is 0 Å². The van der Waals surface area contributed by atoms with Crippen LogP contribution in [0.3, 0.4) is 0 Å². The van der Waals surface area contributed by atoms with Crippen LogP contribution >= 0.6 is 11.8 Å². The van der Waals surface area contributed by atoms with Crippen LogP contribution in [0.4, 0.5) is 0 Å². The maximum absolute atomic E-state index is 3.64. The predicted octanol–water partition coefficient (Wildman–Crippen LogP) is 1.18. The standard InChI is InChI=1S/C11H20N2S/c1-2-11-5-9(1)6-13(11)7-10-8-14-4-3-12-10/h9-12H,1-8H2. The fourth-order valence-corrected chi connectivity index (χ4v) is 4.21. The molecule has 3 heteroatoms. The summed E-state index contributed by atoms with van der Waals surface area (Å²) < 4.78 is 0. The van der Waals surface area contributed by atoms with Gasteiger partial charge in [-0.25, -0.2) is 0 Å². The van der Waals surface area contributed by atoms with E-state index in [1.54, 1.807) is 0 Å². The fourth-order valence-electron chi connectivity index (χ4n) is 3.27. The van der Waals surface area contributed by atoms with Gasteiger partial charge in [-0.2, -0.15) is 11.8 Å². The second kappa shape index (κ2) is 4.03. The molecule has 2 nitrogen and oxygen atoms in total. The first-order valence-electron chi connectivity index (χ1n) is 5.97. The average molecular weight is 212 g/mol. The Morgan fingerprint density at radius 2 is 2.36 bits per heavy atom. The van der Waals surface area contributed by atoms with E-state index in [0.717, 1.165) is 18.0 Å². The van der Waals surface area contributed by atoms with Gasteiger partial charge in [-0.15, -0.1) is 0 Å². The summed E-state index contributed by atoms with van der Waals surface area (Å²) in [4.78, 5) is 2.75. The molecular formula is C11H20N2S. The summed E-state index contributed by atoms with van der Waals surface area (Å²) in [6, 6.07) is 1.72. The molecule has 2 heterocycles. The summed E-state index contributed by atoms with van der Waals surface area (Å²) in [5, 5.41) is 3.64. The van der Waals surface area contributed by atoms with Crippen molar-refractivity contribution >= 4 is 11.8 Å². The van der Waals surface area contributed by atoms with Crippen LogP contribution < -0.4 is 5.32 Å². The van der Waals surface area contributed by atoms with Gasteiger partial charge in [0.25, 0.3) is 0 Å². The summed E-state index contributed by atoms with van der Waals surface area (Å²) in [6.07, 6.45) is 4.48. The van der Waals surface area contributed by atoms with Gasteiger partial charge in [-0.1, -0.05) is 0 Å². The van der Waals surface area contributed by atoms with Gasteiger partial charge in [-0.3, -0.25) is 4.90 Å². The summed E-state index contributed by atoms with van der Waals surface area (Å²) in [5.41, 5.74) is 0. The number of fused-ring (bicyclic) bond motifs is 2. The predicted molar refractivity (Wildman–Crippen MR) is 61.8 cm³/mol. The lowest BCUT2D eigenvalue weighted by Gasteiger charge is -2.32. The highest BCUT2D eigenvalue weighted by atomic mass is 32.2. The lowest BCUT2D eigenvalue weighted by Crippen LogP contribution is -2.48. The Morgan fingerprint density at radius 1 is 1.36 bits per heavy atom. The molecule has 2 aliphatic heterocycles. The average Bonchev–Trinajstić information content (AvgIpc) is 2.81. The van der Waals surface area contributed by atoms with Crippen molar-refractivity contribution in [3.8, 4) is 0 Å². The Bertz CT molecular complexity index is 203. The van der Waals surface area contributed by atoms with E-state index in [-0.39, 0.29) is 0 Å². The molecule has 3 aliphatic rings. The molecule has 3 fully saturated rings. The van der Waals surface area contributed by atoms with Crippen molar-refractivity contribution in [2.45, 2.75) is 31.3 Å². The molecule has 0 aromatic carbocycles. The van der Waals surface area contributed by atoms with Crippen LogP contribution in [0.1, 0.15) is 19.3 Å². The first-order valence-corrected chi connectivity index (χ1v) is 7.12. The molecule has 3 unspecified atom stereocenters. The summed E-state index contributed by atoms with van der Waals surface area (Å²) in [5.74, 6) is 3.69. The zero-order valence-corrected chi connectivity index (χ0v) is 9.56. The molecule has 0 aromatic rings. The topological polar surface area (TPSA) is 15.3 Å². The monoisotopic (exact) mass is 212 g/mol. The number of piperidine rings is 1. The van der Waals surface area contributed by atoms with Crippen molar-refractivity contribution in [1.82, 2.24) is 10.2 Å². The summed E-state index contributed by atoms with van der Waals surface area (Å²) in [6.45, 7) is 3.93.